The maximum Gasteiger partial charge on any atom is 0.339 e. The second-order valence-corrected chi connectivity index (χ2v) is 11.3. The van der Waals surface area contributed by atoms with E-state index in [0.29, 0.717) is 31.2 Å². The van der Waals surface area contributed by atoms with Gasteiger partial charge in [0.2, 0.25) is 0 Å². The SMILES string of the molecule is CC(=O)[C@H]1CC[C@]2(O)[C@@H]3CC=C4C[C@@H](O)CC[C@]4(C)[C@H]3C[C@@H](OC(=O)c3cccnc3)[C@]12C. The summed E-state index contributed by atoms with van der Waals surface area (Å²) in [4.78, 5) is 29.9. The zero-order valence-corrected chi connectivity index (χ0v) is 19.8. The van der Waals surface area contributed by atoms with E-state index in [0.717, 1.165) is 19.3 Å². The average Bonchev–Trinajstić information content (AvgIpc) is 3.08. The summed E-state index contributed by atoms with van der Waals surface area (Å²) < 4.78 is 6.17. The fraction of sp³-hybridized carbons (Fsp3) is 0.667. The maximum absolute atomic E-state index is 13.1. The Balaban J connectivity index is 1.57. The number of rotatable bonds is 3. The number of hydrogen-bond acceptors (Lipinski definition) is 6. The molecule has 6 heteroatoms. The molecule has 1 heterocycles. The van der Waals surface area contributed by atoms with Crippen LogP contribution in [0.5, 0.6) is 0 Å². The molecular formula is C27H35NO5. The summed E-state index contributed by atoms with van der Waals surface area (Å²) in [5, 5.41) is 22.7. The highest BCUT2D eigenvalue weighted by molar-refractivity contribution is 5.89. The lowest BCUT2D eigenvalue weighted by atomic mass is 9.45. The van der Waals surface area contributed by atoms with Gasteiger partial charge in [0.25, 0.3) is 0 Å². The van der Waals surface area contributed by atoms with Crippen LogP contribution in [-0.4, -0.2) is 44.8 Å². The molecule has 1 aromatic heterocycles. The van der Waals surface area contributed by atoms with Crippen LogP contribution in [0.2, 0.25) is 0 Å². The summed E-state index contributed by atoms with van der Waals surface area (Å²) in [6.07, 6.45) is 9.22. The number of ether oxygens (including phenoxy) is 1. The predicted molar refractivity (Wildman–Crippen MR) is 122 cm³/mol. The first kappa shape index (κ1) is 22.7. The van der Waals surface area contributed by atoms with Crippen LogP contribution in [0.3, 0.4) is 0 Å². The molecule has 0 aliphatic heterocycles. The molecule has 8 atom stereocenters. The summed E-state index contributed by atoms with van der Waals surface area (Å²) in [6, 6.07) is 3.38. The van der Waals surface area contributed by atoms with E-state index in [4.69, 9.17) is 4.74 Å². The van der Waals surface area contributed by atoms with Gasteiger partial charge in [0.1, 0.15) is 11.9 Å². The van der Waals surface area contributed by atoms with Crippen LogP contribution in [0, 0.1) is 28.6 Å². The normalized spacial score (nSPS) is 44.2. The summed E-state index contributed by atoms with van der Waals surface area (Å²) in [5.74, 6) is -0.625. The Bertz CT molecular complexity index is 991. The van der Waals surface area contributed by atoms with Crippen LogP contribution >= 0.6 is 0 Å². The van der Waals surface area contributed by atoms with E-state index in [1.807, 2.05) is 6.92 Å². The highest BCUT2D eigenvalue weighted by atomic mass is 16.5. The van der Waals surface area contributed by atoms with E-state index in [1.165, 1.54) is 11.8 Å². The molecule has 4 aliphatic rings. The fourth-order valence-electron chi connectivity index (χ4n) is 8.06. The zero-order chi connectivity index (χ0) is 23.6. The molecule has 2 N–H and O–H groups in total. The second kappa shape index (κ2) is 7.74. The number of fused-ring (bicyclic) bond motifs is 5. The highest BCUT2D eigenvalue weighted by Gasteiger charge is 2.71. The number of nitrogens with zero attached hydrogens (tertiary/aromatic N) is 1. The van der Waals surface area contributed by atoms with Gasteiger partial charge in [-0.3, -0.25) is 9.78 Å². The van der Waals surface area contributed by atoms with Gasteiger partial charge < -0.3 is 14.9 Å². The van der Waals surface area contributed by atoms with Crippen LogP contribution in [0.15, 0.2) is 36.2 Å². The Kier molecular flexibility index (Phi) is 5.33. The summed E-state index contributed by atoms with van der Waals surface area (Å²) >= 11 is 0. The van der Waals surface area contributed by atoms with E-state index in [2.05, 4.69) is 18.0 Å². The maximum atomic E-state index is 13.1. The quantitative estimate of drug-likeness (QED) is 0.533. The van der Waals surface area contributed by atoms with Crippen molar-refractivity contribution in [1.29, 1.82) is 0 Å². The first-order valence-electron chi connectivity index (χ1n) is 12.3. The number of esters is 1. The molecule has 0 spiro atoms. The predicted octanol–water partition coefficient (Wildman–Crippen LogP) is 3.86. The van der Waals surface area contributed by atoms with E-state index >= 15 is 0 Å². The number of carbonyl (C=O) groups is 2. The van der Waals surface area contributed by atoms with Gasteiger partial charge in [-0.2, -0.15) is 0 Å². The van der Waals surface area contributed by atoms with Gasteiger partial charge in [-0.25, -0.2) is 4.79 Å². The number of aromatic nitrogens is 1. The molecular weight excluding hydrogens is 418 g/mol. The van der Waals surface area contributed by atoms with Crippen molar-refractivity contribution >= 4 is 11.8 Å². The molecule has 0 radical (unpaired) electrons. The van der Waals surface area contributed by atoms with Crippen molar-refractivity contribution in [2.24, 2.45) is 28.6 Å². The number of aliphatic hydroxyl groups excluding tert-OH is 1. The van der Waals surface area contributed by atoms with Crippen LogP contribution in [-0.2, 0) is 9.53 Å². The smallest absolute Gasteiger partial charge is 0.339 e. The van der Waals surface area contributed by atoms with Crippen LogP contribution in [0.25, 0.3) is 0 Å². The molecule has 178 valence electrons. The highest BCUT2D eigenvalue weighted by Crippen LogP contribution is 2.68. The summed E-state index contributed by atoms with van der Waals surface area (Å²) in [6.45, 7) is 5.82. The Hall–Kier alpha value is -2.05. The van der Waals surface area contributed by atoms with Gasteiger partial charge in [-0.05, 0) is 81.3 Å². The van der Waals surface area contributed by atoms with Crippen LogP contribution in [0.1, 0.15) is 76.1 Å². The standard InChI is InChI=1S/C27H35NO5/c1-16(29)20-9-11-27(32)21-7-6-18-13-19(30)8-10-25(18,2)22(21)14-23(26(20,27)3)33-24(31)17-5-4-12-28-15-17/h4-6,12,15,19-23,30,32H,7-11,13-14H2,1-3H3/t19-,20+,21+,22-,23+,25-,26-,27-/m0/s1. The van der Waals surface area contributed by atoms with Gasteiger partial charge in [-0.1, -0.05) is 25.5 Å². The number of Topliss-reactive ketones (excluding diaryl/α,β-unsaturated/α-hetero) is 1. The molecule has 4 aliphatic carbocycles. The third kappa shape index (κ3) is 3.17. The van der Waals surface area contributed by atoms with Gasteiger partial charge in [0.15, 0.2) is 0 Å². The van der Waals surface area contributed by atoms with Crippen molar-refractivity contribution in [1.82, 2.24) is 4.98 Å². The molecule has 3 fully saturated rings. The van der Waals surface area contributed by atoms with Gasteiger partial charge in [-0.15, -0.1) is 0 Å². The average molecular weight is 454 g/mol. The zero-order valence-electron chi connectivity index (χ0n) is 19.8. The topological polar surface area (TPSA) is 96.7 Å². The second-order valence-electron chi connectivity index (χ2n) is 11.3. The number of aliphatic hydroxyl groups is 2. The Morgan fingerprint density at radius 2 is 1.97 bits per heavy atom. The Morgan fingerprint density at radius 3 is 2.67 bits per heavy atom. The van der Waals surface area contributed by atoms with E-state index in [1.54, 1.807) is 25.3 Å². The summed E-state index contributed by atoms with van der Waals surface area (Å²) in [5.41, 5.74) is -0.429. The Morgan fingerprint density at radius 1 is 1.18 bits per heavy atom. The number of hydrogen-bond donors (Lipinski definition) is 2. The van der Waals surface area contributed by atoms with Gasteiger partial charge in [0, 0.05) is 23.7 Å². The number of allylic oxidation sites excluding steroid dienone is 1. The largest absolute Gasteiger partial charge is 0.458 e. The first-order chi connectivity index (χ1) is 15.6. The third-order valence-electron chi connectivity index (χ3n) is 9.97. The fourth-order valence-corrected chi connectivity index (χ4v) is 8.06. The molecule has 33 heavy (non-hydrogen) atoms. The van der Waals surface area contributed by atoms with Crippen LogP contribution < -0.4 is 0 Å². The monoisotopic (exact) mass is 453 g/mol. The molecule has 0 saturated heterocycles. The van der Waals surface area contributed by atoms with E-state index < -0.39 is 23.1 Å². The van der Waals surface area contributed by atoms with Gasteiger partial charge >= 0.3 is 5.97 Å². The summed E-state index contributed by atoms with van der Waals surface area (Å²) in [7, 11) is 0. The Labute approximate surface area is 195 Å². The first-order valence-corrected chi connectivity index (χ1v) is 12.3. The lowest BCUT2D eigenvalue weighted by Crippen LogP contribution is -2.66. The number of pyridine rings is 1. The minimum absolute atomic E-state index is 0.00388. The molecule has 5 rings (SSSR count). The minimum atomic E-state index is -1.09. The molecule has 3 saturated carbocycles. The van der Waals surface area contributed by atoms with Crippen molar-refractivity contribution in [3.63, 3.8) is 0 Å². The molecule has 0 bridgehead atoms. The molecule has 6 nitrogen and oxygen atoms in total. The third-order valence-corrected chi connectivity index (χ3v) is 9.97. The minimum Gasteiger partial charge on any atom is -0.458 e. The van der Waals surface area contributed by atoms with Gasteiger partial charge in [0.05, 0.1) is 17.3 Å². The van der Waals surface area contributed by atoms with E-state index in [-0.39, 0.29) is 35.1 Å². The number of carbonyl (C=O) groups excluding carboxylic acids is 2. The lowest BCUT2D eigenvalue weighted by molar-refractivity contribution is -0.224. The van der Waals surface area contributed by atoms with Crippen molar-refractivity contribution in [3.8, 4) is 0 Å². The molecule has 0 aromatic carbocycles. The van der Waals surface area contributed by atoms with Crippen molar-refractivity contribution < 1.29 is 24.5 Å². The molecule has 0 unspecified atom stereocenters. The molecule has 1 aromatic rings. The van der Waals surface area contributed by atoms with Crippen LogP contribution in [0.4, 0.5) is 0 Å². The van der Waals surface area contributed by atoms with E-state index in [9.17, 15) is 19.8 Å². The number of ketones is 1. The van der Waals surface area contributed by atoms with Crippen molar-refractivity contribution in [3.05, 3.63) is 41.7 Å². The van der Waals surface area contributed by atoms with Crippen molar-refractivity contribution in [2.45, 2.75) is 83.5 Å². The molecule has 0 amide bonds. The lowest BCUT2D eigenvalue weighted by Gasteiger charge is -2.62. The van der Waals surface area contributed by atoms with Crippen molar-refractivity contribution in [2.75, 3.05) is 0 Å².